The number of nitrogens with one attached hydrogen (secondary N) is 2. The van der Waals surface area contributed by atoms with E-state index in [0.29, 0.717) is 32.5 Å². The normalized spacial score (nSPS) is 20.7. The highest BCUT2D eigenvalue weighted by Crippen LogP contribution is 2.17. The largest absolute Gasteiger partial charge is 0.481 e. The Labute approximate surface area is 155 Å². The van der Waals surface area contributed by atoms with E-state index in [1.165, 1.54) is 6.07 Å². The number of aliphatic carboxylic acids is 1. The third kappa shape index (κ3) is 5.20. The minimum atomic E-state index is -0.817. The number of halogens is 1. The number of aromatic amines is 1. The fraction of sp³-hybridized carbons (Fsp3) is 0.562. The first kappa shape index (κ1) is 20.2. The third-order valence-corrected chi connectivity index (χ3v) is 4.71. The number of aromatic nitrogens is 1. The lowest BCUT2D eigenvalue weighted by Crippen LogP contribution is -2.55. The first-order valence-corrected chi connectivity index (χ1v) is 8.65. The Morgan fingerprint density at radius 1 is 1.54 bits per heavy atom. The van der Waals surface area contributed by atoms with Gasteiger partial charge in [0.05, 0.1) is 17.2 Å². The van der Waals surface area contributed by atoms with Crippen LogP contribution in [0.3, 0.4) is 0 Å². The van der Waals surface area contributed by atoms with E-state index in [4.69, 9.17) is 27.2 Å². The first-order valence-electron chi connectivity index (χ1n) is 8.28. The summed E-state index contributed by atoms with van der Waals surface area (Å²) in [6.45, 7) is 1.92. The van der Waals surface area contributed by atoms with Crippen LogP contribution in [0.25, 0.3) is 0 Å². The number of methoxy groups -OCH3 is 1. The van der Waals surface area contributed by atoms with Crippen LogP contribution in [-0.4, -0.2) is 65.8 Å². The standard InChI is InChI=1S/C16H23ClN4O5/c1-26-12-8-21(5-2-3-13(22)23)6-4-11(12)19-15(24)9-7-10(17)14(18)20-16(9)25/h7,11-12H,2-6,8H2,1H3,(H,19,24)(H,22,23)(H3,18,20,25)/t11-,12+/m0/s1. The van der Waals surface area contributed by atoms with E-state index < -0.39 is 17.4 Å². The van der Waals surface area contributed by atoms with Crippen molar-refractivity contribution in [1.29, 1.82) is 0 Å². The van der Waals surface area contributed by atoms with Crippen molar-refractivity contribution >= 4 is 29.3 Å². The van der Waals surface area contributed by atoms with Gasteiger partial charge in [0.2, 0.25) is 0 Å². The Morgan fingerprint density at radius 2 is 2.27 bits per heavy atom. The summed E-state index contributed by atoms with van der Waals surface area (Å²) in [5.41, 5.74) is 4.79. The van der Waals surface area contributed by atoms with Gasteiger partial charge >= 0.3 is 5.97 Å². The van der Waals surface area contributed by atoms with Crippen molar-refractivity contribution in [2.45, 2.75) is 31.4 Å². The summed E-state index contributed by atoms with van der Waals surface area (Å²) in [7, 11) is 1.55. The molecule has 5 N–H and O–H groups in total. The molecule has 1 amide bonds. The van der Waals surface area contributed by atoms with Gasteiger partial charge < -0.3 is 30.8 Å². The monoisotopic (exact) mass is 386 g/mol. The molecule has 2 heterocycles. The quantitative estimate of drug-likeness (QED) is 0.528. The predicted molar refractivity (Wildman–Crippen MR) is 96.5 cm³/mol. The minimum Gasteiger partial charge on any atom is -0.481 e. The Balaban J connectivity index is 1.97. The van der Waals surface area contributed by atoms with Gasteiger partial charge in [0.1, 0.15) is 11.4 Å². The molecule has 0 aromatic carbocycles. The number of ether oxygens (including phenoxy) is 1. The number of anilines is 1. The topological polar surface area (TPSA) is 138 Å². The average molecular weight is 387 g/mol. The van der Waals surface area contributed by atoms with Gasteiger partial charge in [0.15, 0.2) is 0 Å². The number of pyridine rings is 1. The zero-order chi connectivity index (χ0) is 19.3. The molecule has 1 aliphatic rings. The van der Waals surface area contributed by atoms with E-state index in [2.05, 4.69) is 15.2 Å². The van der Waals surface area contributed by atoms with Crippen molar-refractivity contribution in [2.75, 3.05) is 32.5 Å². The molecule has 2 rings (SSSR count). The zero-order valence-corrected chi connectivity index (χ0v) is 15.2. The highest BCUT2D eigenvalue weighted by atomic mass is 35.5. The van der Waals surface area contributed by atoms with Crippen LogP contribution < -0.4 is 16.6 Å². The van der Waals surface area contributed by atoms with Crippen LogP contribution in [0.1, 0.15) is 29.6 Å². The Morgan fingerprint density at radius 3 is 2.92 bits per heavy atom. The molecule has 0 aliphatic carbocycles. The van der Waals surface area contributed by atoms with Crippen LogP contribution in [0.5, 0.6) is 0 Å². The molecule has 0 radical (unpaired) electrons. The number of nitrogen functional groups attached to an aromatic ring is 1. The molecule has 1 aromatic heterocycles. The van der Waals surface area contributed by atoms with Gasteiger partial charge in [-0.3, -0.25) is 14.4 Å². The lowest BCUT2D eigenvalue weighted by atomic mass is 10.0. The molecular weight excluding hydrogens is 364 g/mol. The molecule has 1 fully saturated rings. The summed E-state index contributed by atoms with van der Waals surface area (Å²) in [5.74, 6) is -1.35. The molecule has 1 saturated heterocycles. The molecule has 26 heavy (non-hydrogen) atoms. The number of carboxylic acid groups (broad SMARTS) is 1. The summed E-state index contributed by atoms with van der Waals surface area (Å²) < 4.78 is 5.47. The van der Waals surface area contributed by atoms with Crippen molar-refractivity contribution in [3.8, 4) is 0 Å². The van der Waals surface area contributed by atoms with Crippen LogP contribution >= 0.6 is 11.6 Å². The molecule has 1 aromatic rings. The van der Waals surface area contributed by atoms with Gasteiger partial charge in [-0.1, -0.05) is 11.6 Å². The van der Waals surface area contributed by atoms with E-state index in [1.807, 2.05) is 0 Å². The van der Waals surface area contributed by atoms with E-state index >= 15 is 0 Å². The van der Waals surface area contributed by atoms with Crippen molar-refractivity contribution < 1.29 is 19.4 Å². The number of piperidine rings is 1. The van der Waals surface area contributed by atoms with Gasteiger partial charge in [-0.15, -0.1) is 0 Å². The lowest BCUT2D eigenvalue weighted by molar-refractivity contribution is -0.137. The SMILES string of the molecule is CO[C@@H]1CN(CCCC(=O)O)CC[C@@H]1NC(=O)c1cc(Cl)c(N)[nH]c1=O. The summed E-state index contributed by atoms with van der Waals surface area (Å²) in [6, 6.07) is 0.979. The molecule has 0 bridgehead atoms. The number of nitrogens with zero attached hydrogens (tertiary/aromatic N) is 1. The number of hydrogen-bond acceptors (Lipinski definition) is 6. The Hall–Kier alpha value is -2.10. The highest BCUT2D eigenvalue weighted by Gasteiger charge is 2.31. The number of carbonyl (C=O) groups excluding carboxylic acids is 1. The second-order valence-electron chi connectivity index (χ2n) is 6.21. The number of carbonyl (C=O) groups is 2. The van der Waals surface area contributed by atoms with Gasteiger partial charge in [0, 0.05) is 26.6 Å². The van der Waals surface area contributed by atoms with Gasteiger partial charge in [-0.2, -0.15) is 0 Å². The Kier molecular flexibility index (Phi) is 7.01. The number of H-pyrrole nitrogens is 1. The third-order valence-electron chi connectivity index (χ3n) is 4.39. The average Bonchev–Trinajstić information content (AvgIpc) is 2.58. The second kappa shape index (κ2) is 9.02. The minimum absolute atomic E-state index is 0.0117. The maximum Gasteiger partial charge on any atom is 0.303 e. The Bertz CT molecular complexity index is 723. The number of likely N-dealkylation sites (tertiary alicyclic amines) is 1. The molecule has 10 heteroatoms. The lowest BCUT2D eigenvalue weighted by Gasteiger charge is -2.38. The molecule has 0 spiro atoms. The van der Waals surface area contributed by atoms with E-state index in [0.717, 1.165) is 0 Å². The fourth-order valence-electron chi connectivity index (χ4n) is 2.98. The van der Waals surface area contributed by atoms with E-state index in [9.17, 15) is 14.4 Å². The van der Waals surface area contributed by atoms with Crippen molar-refractivity contribution in [3.05, 3.63) is 27.0 Å². The fourth-order valence-corrected chi connectivity index (χ4v) is 3.13. The molecule has 0 unspecified atom stereocenters. The second-order valence-corrected chi connectivity index (χ2v) is 6.62. The van der Waals surface area contributed by atoms with Crippen molar-refractivity contribution in [1.82, 2.24) is 15.2 Å². The number of carboxylic acids is 1. The van der Waals surface area contributed by atoms with Crippen LogP contribution in [0.4, 0.5) is 5.82 Å². The molecule has 2 atom stereocenters. The number of hydrogen-bond donors (Lipinski definition) is 4. The number of amides is 1. The van der Waals surface area contributed by atoms with Crippen LogP contribution in [-0.2, 0) is 9.53 Å². The molecule has 144 valence electrons. The van der Waals surface area contributed by atoms with Crippen LogP contribution in [0.15, 0.2) is 10.9 Å². The highest BCUT2D eigenvalue weighted by molar-refractivity contribution is 6.33. The van der Waals surface area contributed by atoms with Crippen LogP contribution in [0.2, 0.25) is 5.02 Å². The van der Waals surface area contributed by atoms with Gasteiger partial charge in [0.25, 0.3) is 11.5 Å². The molecule has 0 saturated carbocycles. The maximum absolute atomic E-state index is 12.4. The van der Waals surface area contributed by atoms with Gasteiger partial charge in [-0.05, 0) is 25.5 Å². The molecule has 9 nitrogen and oxygen atoms in total. The van der Waals surface area contributed by atoms with Gasteiger partial charge in [-0.25, -0.2) is 0 Å². The summed E-state index contributed by atoms with van der Waals surface area (Å²) in [6.07, 6.45) is 1.04. The van der Waals surface area contributed by atoms with Crippen molar-refractivity contribution in [2.24, 2.45) is 0 Å². The number of rotatable bonds is 7. The summed E-state index contributed by atoms with van der Waals surface area (Å²) in [5, 5.41) is 11.6. The molecule has 1 aliphatic heterocycles. The summed E-state index contributed by atoms with van der Waals surface area (Å²) >= 11 is 5.87. The zero-order valence-electron chi connectivity index (χ0n) is 14.5. The number of nitrogens with two attached hydrogens (primary N) is 1. The van der Waals surface area contributed by atoms with Crippen molar-refractivity contribution in [3.63, 3.8) is 0 Å². The molecular formula is C16H23ClN4O5. The maximum atomic E-state index is 12.4. The smallest absolute Gasteiger partial charge is 0.303 e. The van der Waals surface area contributed by atoms with E-state index in [1.54, 1.807) is 7.11 Å². The predicted octanol–water partition coefficient (Wildman–Crippen LogP) is 0.294. The summed E-state index contributed by atoms with van der Waals surface area (Å²) in [4.78, 5) is 39.4. The van der Waals surface area contributed by atoms with E-state index in [-0.39, 0.29) is 35.0 Å². The first-order chi connectivity index (χ1) is 12.3. The van der Waals surface area contributed by atoms with Crippen LogP contribution in [0, 0.1) is 0 Å².